The monoisotopic (exact) mass is 365 g/mol. The summed E-state index contributed by atoms with van der Waals surface area (Å²) in [6, 6.07) is 10.1. The van der Waals surface area contributed by atoms with Gasteiger partial charge in [0.25, 0.3) is 0 Å². The molecule has 3 aliphatic rings. The van der Waals surface area contributed by atoms with Gasteiger partial charge in [0.1, 0.15) is 0 Å². The Balaban J connectivity index is 0.00000182. The number of hydrogen-bond acceptors (Lipinski definition) is 4. The van der Waals surface area contributed by atoms with E-state index >= 15 is 0 Å². The fourth-order valence-corrected chi connectivity index (χ4v) is 4.74. The Morgan fingerprint density at radius 2 is 2.08 bits per heavy atom. The number of ether oxygens (including phenoxy) is 1. The third kappa shape index (κ3) is 4.75. The van der Waals surface area contributed by atoms with Crippen LogP contribution in [0.1, 0.15) is 30.4 Å². The van der Waals surface area contributed by atoms with Gasteiger partial charge in [0, 0.05) is 44.8 Å². The summed E-state index contributed by atoms with van der Waals surface area (Å²) in [6.07, 6.45) is 5.23. The predicted octanol–water partition coefficient (Wildman–Crippen LogP) is 2.21. The Hall–Kier alpha value is -0.650. The van der Waals surface area contributed by atoms with Gasteiger partial charge >= 0.3 is 0 Å². The molecule has 3 unspecified atom stereocenters. The summed E-state index contributed by atoms with van der Waals surface area (Å²) >= 11 is 0. The zero-order valence-corrected chi connectivity index (χ0v) is 15.9. The number of rotatable bonds is 5. The smallest absolute Gasteiger partial charge is 0.0623 e. The zero-order chi connectivity index (χ0) is 16.2. The van der Waals surface area contributed by atoms with Gasteiger partial charge in [-0.05, 0) is 36.3 Å². The van der Waals surface area contributed by atoms with Crippen LogP contribution in [0.3, 0.4) is 0 Å². The standard InChI is InChI=1S/C20H31N3O.ClH/c1-2-5-17-14-23(11-8-16(17)4-1)12-9-21-19-7-3-6-18(19)20-15-24-13-10-22-20;/h1-2,4-5,18-22H,3,6-15H2;1H. The molecule has 0 radical (unpaired) electrons. The van der Waals surface area contributed by atoms with Crippen LogP contribution in [0, 0.1) is 5.92 Å². The minimum Gasteiger partial charge on any atom is -0.379 e. The van der Waals surface area contributed by atoms with Gasteiger partial charge in [-0.2, -0.15) is 0 Å². The molecule has 1 saturated carbocycles. The minimum atomic E-state index is 0. The van der Waals surface area contributed by atoms with E-state index in [1.54, 1.807) is 5.56 Å². The first kappa shape index (κ1) is 19.1. The van der Waals surface area contributed by atoms with Crippen LogP contribution >= 0.6 is 12.4 Å². The Morgan fingerprint density at radius 1 is 1.20 bits per heavy atom. The average molecular weight is 366 g/mol. The van der Waals surface area contributed by atoms with E-state index in [9.17, 15) is 0 Å². The van der Waals surface area contributed by atoms with Crippen LogP contribution in [-0.2, 0) is 17.7 Å². The van der Waals surface area contributed by atoms with E-state index in [-0.39, 0.29) is 12.4 Å². The third-order valence-corrected chi connectivity index (χ3v) is 6.08. The van der Waals surface area contributed by atoms with Crippen molar-refractivity contribution in [2.75, 3.05) is 39.4 Å². The van der Waals surface area contributed by atoms with E-state index in [1.165, 1.54) is 37.8 Å². The van der Waals surface area contributed by atoms with Crippen LogP contribution in [0.4, 0.5) is 0 Å². The quantitative estimate of drug-likeness (QED) is 0.838. The van der Waals surface area contributed by atoms with Crippen LogP contribution in [0.25, 0.3) is 0 Å². The van der Waals surface area contributed by atoms with Gasteiger partial charge in [-0.15, -0.1) is 12.4 Å². The molecule has 140 valence electrons. The fourth-order valence-electron chi connectivity index (χ4n) is 4.74. The molecule has 0 amide bonds. The molecule has 1 saturated heterocycles. The number of hydrogen-bond donors (Lipinski definition) is 2. The number of fused-ring (bicyclic) bond motifs is 1. The lowest BCUT2D eigenvalue weighted by Gasteiger charge is -2.34. The summed E-state index contributed by atoms with van der Waals surface area (Å²) in [5.74, 6) is 0.743. The third-order valence-electron chi connectivity index (χ3n) is 6.08. The van der Waals surface area contributed by atoms with Gasteiger partial charge in [0.2, 0.25) is 0 Å². The van der Waals surface area contributed by atoms with E-state index < -0.39 is 0 Å². The van der Waals surface area contributed by atoms with Crippen molar-refractivity contribution in [1.82, 2.24) is 15.5 Å². The topological polar surface area (TPSA) is 36.5 Å². The molecule has 2 fully saturated rings. The van der Waals surface area contributed by atoms with Crippen molar-refractivity contribution in [1.29, 1.82) is 0 Å². The van der Waals surface area contributed by atoms with Crippen molar-refractivity contribution >= 4 is 12.4 Å². The maximum absolute atomic E-state index is 5.68. The van der Waals surface area contributed by atoms with Gasteiger partial charge in [-0.1, -0.05) is 30.7 Å². The maximum Gasteiger partial charge on any atom is 0.0623 e. The van der Waals surface area contributed by atoms with Gasteiger partial charge in [-0.25, -0.2) is 0 Å². The summed E-state index contributed by atoms with van der Waals surface area (Å²) in [5.41, 5.74) is 3.06. The molecule has 25 heavy (non-hydrogen) atoms. The minimum absolute atomic E-state index is 0. The number of nitrogens with one attached hydrogen (secondary N) is 2. The largest absolute Gasteiger partial charge is 0.379 e. The van der Waals surface area contributed by atoms with E-state index in [2.05, 4.69) is 39.8 Å². The number of halogens is 1. The van der Waals surface area contributed by atoms with Crippen molar-refractivity contribution in [3.8, 4) is 0 Å². The molecule has 4 nitrogen and oxygen atoms in total. The van der Waals surface area contributed by atoms with E-state index in [1.807, 2.05) is 0 Å². The first-order chi connectivity index (χ1) is 11.9. The molecule has 0 aromatic heterocycles. The van der Waals surface area contributed by atoms with Gasteiger partial charge in [0.15, 0.2) is 0 Å². The molecule has 1 aromatic carbocycles. The van der Waals surface area contributed by atoms with Crippen LogP contribution in [0.5, 0.6) is 0 Å². The summed E-state index contributed by atoms with van der Waals surface area (Å²) in [4.78, 5) is 2.60. The second-order valence-electron chi connectivity index (χ2n) is 7.59. The molecule has 1 aromatic rings. The van der Waals surface area contributed by atoms with Gasteiger partial charge < -0.3 is 15.4 Å². The van der Waals surface area contributed by atoms with Crippen molar-refractivity contribution < 1.29 is 4.74 Å². The molecular formula is C20H32ClN3O. The molecule has 0 bridgehead atoms. The number of benzene rings is 1. The van der Waals surface area contributed by atoms with Crippen molar-refractivity contribution in [3.05, 3.63) is 35.4 Å². The van der Waals surface area contributed by atoms with Gasteiger partial charge in [-0.3, -0.25) is 4.90 Å². The average Bonchev–Trinajstić information content (AvgIpc) is 3.11. The first-order valence-corrected chi connectivity index (χ1v) is 9.74. The maximum atomic E-state index is 5.68. The lowest BCUT2D eigenvalue weighted by Crippen LogP contribution is -2.51. The molecule has 4 rings (SSSR count). The lowest BCUT2D eigenvalue weighted by molar-refractivity contribution is 0.0523. The molecule has 2 heterocycles. The molecule has 2 N–H and O–H groups in total. The second kappa shape index (κ2) is 9.33. The Kier molecular flexibility index (Phi) is 7.14. The van der Waals surface area contributed by atoms with Crippen LogP contribution in [0.2, 0.25) is 0 Å². The predicted molar refractivity (Wildman–Crippen MR) is 104 cm³/mol. The van der Waals surface area contributed by atoms with Crippen molar-refractivity contribution in [2.24, 2.45) is 5.92 Å². The SMILES string of the molecule is Cl.c1ccc2c(c1)CCN(CCNC1CCCC1C1COCCN1)C2. The summed E-state index contributed by atoms with van der Waals surface area (Å²) in [5, 5.41) is 7.53. The summed E-state index contributed by atoms with van der Waals surface area (Å²) < 4.78 is 5.68. The normalized spacial score (nSPS) is 29.8. The van der Waals surface area contributed by atoms with E-state index in [4.69, 9.17) is 4.74 Å². The number of nitrogens with zero attached hydrogens (tertiary/aromatic N) is 1. The Morgan fingerprint density at radius 3 is 2.92 bits per heavy atom. The summed E-state index contributed by atoms with van der Waals surface area (Å²) in [7, 11) is 0. The first-order valence-electron chi connectivity index (χ1n) is 9.74. The van der Waals surface area contributed by atoms with Crippen molar-refractivity contribution in [3.63, 3.8) is 0 Å². The van der Waals surface area contributed by atoms with E-state index in [0.29, 0.717) is 12.1 Å². The van der Waals surface area contributed by atoms with E-state index in [0.717, 1.165) is 45.3 Å². The molecule has 5 heteroatoms. The van der Waals surface area contributed by atoms with Crippen LogP contribution in [-0.4, -0.2) is 56.4 Å². The van der Waals surface area contributed by atoms with Gasteiger partial charge in [0.05, 0.1) is 13.2 Å². The molecular weight excluding hydrogens is 334 g/mol. The highest BCUT2D eigenvalue weighted by atomic mass is 35.5. The fraction of sp³-hybridized carbons (Fsp3) is 0.700. The molecule has 3 atom stereocenters. The van der Waals surface area contributed by atoms with Crippen molar-refractivity contribution in [2.45, 2.75) is 44.3 Å². The molecule has 2 aliphatic heterocycles. The Labute approximate surface area is 158 Å². The van der Waals surface area contributed by atoms with Crippen LogP contribution < -0.4 is 10.6 Å². The highest BCUT2D eigenvalue weighted by Gasteiger charge is 2.34. The second-order valence-corrected chi connectivity index (χ2v) is 7.59. The Bertz CT molecular complexity index is 535. The highest BCUT2D eigenvalue weighted by Crippen LogP contribution is 2.29. The number of morpholine rings is 1. The zero-order valence-electron chi connectivity index (χ0n) is 15.1. The molecule has 1 aliphatic carbocycles. The summed E-state index contributed by atoms with van der Waals surface area (Å²) in [6.45, 7) is 7.36. The molecule has 0 spiro atoms. The van der Waals surface area contributed by atoms with Crippen LogP contribution in [0.15, 0.2) is 24.3 Å². The highest BCUT2D eigenvalue weighted by molar-refractivity contribution is 5.85. The lowest BCUT2D eigenvalue weighted by atomic mass is 9.94.